The second-order valence-electron chi connectivity index (χ2n) is 5.25. The summed E-state index contributed by atoms with van der Waals surface area (Å²) in [6.07, 6.45) is -4.19. The van der Waals surface area contributed by atoms with E-state index in [0.717, 1.165) is 10.3 Å². The number of halogens is 4. The van der Waals surface area contributed by atoms with E-state index in [1.165, 1.54) is 4.90 Å². The van der Waals surface area contributed by atoms with Crippen LogP contribution in [-0.2, 0) is 9.53 Å². The summed E-state index contributed by atoms with van der Waals surface area (Å²) in [5, 5.41) is 2.02. The van der Waals surface area contributed by atoms with E-state index in [1.54, 1.807) is 6.20 Å². The third kappa shape index (κ3) is 6.40. The van der Waals surface area contributed by atoms with Crippen LogP contribution in [0.15, 0.2) is 22.8 Å². The molecule has 1 aliphatic heterocycles. The van der Waals surface area contributed by atoms with Gasteiger partial charge in [0.1, 0.15) is 12.4 Å². The van der Waals surface area contributed by atoms with E-state index >= 15 is 0 Å². The Bertz CT molecular complexity index is 604. The molecule has 25 heavy (non-hydrogen) atoms. The molecule has 0 spiro atoms. The molecular formula is C14H16BrF3N4O3. The molecule has 2 rings (SSSR count). The Morgan fingerprint density at radius 1 is 1.24 bits per heavy atom. The van der Waals surface area contributed by atoms with Gasteiger partial charge in [0.15, 0.2) is 6.61 Å². The molecule has 7 nitrogen and oxygen atoms in total. The van der Waals surface area contributed by atoms with Crippen LogP contribution in [0.5, 0.6) is 0 Å². The summed E-state index contributed by atoms with van der Waals surface area (Å²) in [6, 6.07) is 3.73. The number of rotatable bonds is 4. The molecule has 1 fully saturated rings. The van der Waals surface area contributed by atoms with Gasteiger partial charge in [-0.15, -0.1) is 0 Å². The summed E-state index contributed by atoms with van der Waals surface area (Å²) >= 11 is 3.31. The molecule has 0 saturated carbocycles. The Balaban J connectivity index is 1.72. The minimum atomic E-state index is -4.60. The van der Waals surface area contributed by atoms with Gasteiger partial charge < -0.3 is 19.9 Å². The number of ether oxygens (including phenoxy) is 1. The van der Waals surface area contributed by atoms with E-state index in [2.05, 4.69) is 25.7 Å². The van der Waals surface area contributed by atoms with Crippen molar-refractivity contribution in [3.8, 4) is 0 Å². The van der Waals surface area contributed by atoms with Crippen LogP contribution in [0.2, 0.25) is 0 Å². The van der Waals surface area contributed by atoms with Crippen molar-refractivity contribution in [2.75, 3.05) is 44.2 Å². The molecule has 0 bridgehead atoms. The van der Waals surface area contributed by atoms with E-state index in [0.29, 0.717) is 26.2 Å². The maximum atomic E-state index is 12.0. The lowest BCUT2D eigenvalue weighted by molar-refractivity contribution is -0.160. The Kier molecular flexibility index (Phi) is 6.45. The number of amides is 2. The number of carbonyl (C=O) groups is 2. The number of nitrogens with one attached hydrogen (secondary N) is 1. The van der Waals surface area contributed by atoms with Gasteiger partial charge in [0.2, 0.25) is 5.91 Å². The first-order chi connectivity index (χ1) is 11.7. The second-order valence-corrected chi connectivity index (χ2v) is 6.16. The molecule has 0 unspecified atom stereocenters. The van der Waals surface area contributed by atoms with Crippen LogP contribution in [0.25, 0.3) is 0 Å². The van der Waals surface area contributed by atoms with Gasteiger partial charge in [-0.3, -0.25) is 4.79 Å². The minimum Gasteiger partial charge on any atom is -0.440 e. The zero-order valence-electron chi connectivity index (χ0n) is 13.1. The summed E-state index contributed by atoms with van der Waals surface area (Å²) in [7, 11) is 0. The number of hydrogen-bond donors (Lipinski definition) is 1. The first-order valence-corrected chi connectivity index (χ1v) is 8.15. The lowest BCUT2D eigenvalue weighted by atomic mass is 10.3. The number of carbonyl (C=O) groups excluding carboxylic acids is 2. The molecule has 1 aliphatic rings. The topological polar surface area (TPSA) is 74.8 Å². The lowest BCUT2D eigenvalue weighted by Gasteiger charge is -2.35. The van der Waals surface area contributed by atoms with Crippen molar-refractivity contribution < 1.29 is 27.5 Å². The van der Waals surface area contributed by atoms with Crippen LogP contribution in [0.3, 0.4) is 0 Å². The Morgan fingerprint density at radius 3 is 2.48 bits per heavy atom. The zero-order chi connectivity index (χ0) is 18.4. The summed E-state index contributed by atoms with van der Waals surface area (Å²) in [5.41, 5.74) is 0. The number of alkyl halides is 3. The monoisotopic (exact) mass is 424 g/mol. The maximum Gasteiger partial charge on any atom is 0.422 e. The van der Waals surface area contributed by atoms with Gasteiger partial charge >= 0.3 is 12.3 Å². The zero-order valence-corrected chi connectivity index (χ0v) is 14.6. The fourth-order valence-corrected chi connectivity index (χ4v) is 2.43. The summed E-state index contributed by atoms with van der Waals surface area (Å²) < 4.78 is 40.6. The number of hydrogen-bond acceptors (Lipinski definition) is 5. The summed E-state index contributed by atoms with van der Waals surface area (Å²) in [4.78, 5) is 30.9. The van der Waals surface area contributed by atoms with E-state index in [9.17, 15) is 22.8 Å². The van der Waals surface area contributed by atoms with E-state index < -0.39 is 25.4 Å². The van der Waals surface area contributed by atoms with Crippen molar-refractivity contribution in [1.29, 1.82) is 0 Å². The SMILES string of the molecule is O=C(NCC(=O)N1CCN(c2ccc(Br)cn2)CC1)OCC(F)(F)F. The molecule has 0 radical (unpaired) electrons. The molecular weight excluding hydrogens is 409 g/mol. The van der Waals surface area contributed by atoms with Crippen LogP contribution >= 0.6 is 15.9 Å². The van der Waals surface area contributed by atoms with E-state index in [4.69, 9.17) is 0 Å². The largest absolute Gasteiger partial charge is 0.440 e. The van der Waals surface area contributed by atoms with Crippen molar-refractivity contribution in [1.82, 2.24) is 15.2 Å². The highest BCUT2D eigenvalue weighted by Crippen LogP contribution is 2.16. The quantitative estimate of drug-likeness (QED) is 0.797. The molecule has 2 amide bonds. The molecule has 0 aliphatic carbocycles. The van der Waals surface area contributed by atoms with E-state index in [-0.39, 0.29) is 5.91 Å². The molecule has 1 N–H and O–H groups in total. The third-order valence-corrected chi connectivity index (χ3v) is 3.89. The van der Waals surface area contributed by atoms with Gasteiger partial charge in [0, 0.05) is 36.8 Å². The Labute approximate surface area is 150 Å². The standard InChI is InChI=1S/C14H16BrF3N4O3/c15-10-1-2-11(19-7-10)21-3-5-22(6-4-21)12(23)8-20-13(24)25-9-14(16,17)18/h1-2,7H,3-6,8-9H2,(H,20,24). The highest BCUT2D eigenvalue weighted by atomic mass is 79.9. The van der Waals surface area contributed by atoms with Crippen molar-refractivity contribution in [3.05, 3.63) is 22.8 Å². The Hall–Kier alpha value is -2.04. The van der Waals surface area contributed by atoms with Gasteiger partial charge in [0.25, 0.3) is 0 Å². The van der Waals surface area contributed by atoms with Gasteiger partial charge in [-0.05, 0) is 28.1 Å². The van der Waals surface area contributed by atoms with Crippen molar-refractivity contribution >= 4 is 33.7 Å². The molecule has 1 aromatic rings. The van der Waals surface area contributed by atoms with Crippen molar-refractivity contribution in [2.45, 2.75) is 6.18 Å². The first-order valence-electron chi connectivity index (χ1n) is 7.36. The molecule has 11 heteroatoms. The van der Waals surface area contributed by atoms with Crippen LogP contribution < -0.4 is 10.2 Å². The summed E-state index contributed by atoms with van der Waals surface area (Å²) in [6.45, 7) is -0.109. The number of aromatic nitrogens is 1. The van der Waals surface area contributed by atoms with Gasteiger partial charge in [-0.1, -0.05) is 0 Å². The summed E-state index contributed by atoms with van der Waals surface area (Å²) in [5.74, 6) is 0.413. The fraction of sp³-hybridized carbons (Fsp3) is 0.500. The number of alkyl carbamates (subject to hydrolysis) is 1. The molecule has 138 valence electrons. The molecule has 1 aromatic heterocycles. The van der Waals surface area contributed by atoms with Crippen LogP contribution in [0, 0.1) is 0 Å². The second kappa shape index (κ2) is 8.37. The minimum absolute atomic E-state index is 0.382. The van der Waals surface area contributed by atoms with Crippen LogP contribution in [0.4, 0.5) is 23.8 Å². The van der Waals surface area contributed by atoms with Crippen molar-refractivity contribution in [3.63, 3.8) is 0 Å². The lowest BCUT2D eigenvalue weighted by Crippen LogP contribution is -2.51. The highest BCUT2D eigenvalue weighted by Gasteiger charge is 2.30. The number of nitrogens with zero attached hydrogens (tertiary/aromatic N) is 3. The average Bonchev–Trinajstić information content (AvgIpc) is 2.58. The average molecular weight is 425 g/mol. The van der Waals surface area contributed by atoms with Gasteiger partial charge in [0.05, 0.1) is 0 Å². The van der Waals surface area contributed by atoms with Crippen LogP contribution in [-0.4, -0.2) is 67.4 Å². The molecule has 2 heterocycles. The number of anilines is 1. The normalized spacial score (nSPS) is 15.0. The maximum absolute atomic E-state index is 12.0. The van der Waals surface area contributed by atoms with Crippen molar-refractivity contribution in [2.24, 2.45) is 0 Å². The number of piperazine rings is 1. The van der Waals surface area contributed by atoms with Crippen LogP contribution in [0.1, 0.15) is 0 Å². The molecule has 1 saturated heterocycles. The van der Waals surface area contributed by atoms with E-state index in [1.807, 2.05) is 22.3 Å². The Morgan fingerprint density at radius 2 is 1.92 bits per heavy atom. The third-order valence-electron chi connectivity index (χ3n) is 3.42. The predicted molar refractivity (Wildman–Crippen MR) is 86.1 cm³/mol. The fourth-order valence-electron chi connectivity index (χ4n) is 2.20. The van der Waals surface area contributed by atoms with Gasteiger partial charge in [-0.25, -0.2) is 9.78 Å². The molecule has 0 aromatic carbocycles. The first kappa shape index (κ1) is 19.3. The predicted octanol–water partition coefficient (Wildman–Crippen LogP) is 1.78. The van der Waals surface area contributed by atoms with Gasteiger partial charge in [-0.2, -0.15) is 13.2 Å². The highest BCUT2D eigenvalue weighted by molar-refractivity contribution is 9.10. The molecule has 0 atom stereocenters. The number of pyridine rings is 1. The smallest absolute Gasteiger partial charge is 0.422 e.